The van der Waals surface area contributed by atoms with Crippen LogP contribution in [0.2, 0.25) is 0 Å². The van der Waals surface area contributed by atoms with Crippen LogP contribution < -0.4 is 4.74 Å². The van der Waals surface area contributed by atoms with E-state index in [1.54, 1.807) is 6.92 Å². The maximum atomic E-state index is 13.3. The van der Waals surface area contributed by atoms with Gasteiger partial charge in [0, 0.05) is 0 Å². The molecule has 150 valence electrons. The molecule has 0 saturated heterocycles. The fourth-order valence-electron chi connectivity index (χ4n) is 4.31. The standard InChI is InChI=1S/C23H33FO3/c1-2-22(24)23(25)27-21-12-8-17(9-13-21)16-26-20-14-10-19(11-15-20)18-6-4-3-5-7-18/h10-11,14-15,17-18,21-22H,2-9,12-13,16H2,1H3/t17?,21?,22-/m1/s1. The van der Waals surface area contributed by atoms with E-state index in [1.807, 2.05) is 0 Å². The fourth-order valence-corrected chi connectivity index (χ4v) is 4.31. The molecule has 0 unspecified atom stereocenters. The van der Waals surface area contributed by atoms with Gasteiger partial charge in [-0.25, -0.2) is 9.18 Å². The molecule has 27 heavy (non-hydrogen) atoms. The molecule has 0 bridgehead atoms. The maximum absolute atomic E-state index is 13.3. The third kappa shape index (κ3) is 5.95. The lowest BCUT2D eigenvalue weighted by Crippen LogP contribution is -2.30. The van der Waals surface area contributed by atoms with E-state index < -0.39 is 12.1 Å². The minimum atomic E-state index is -1.48. The first kappa shape index (κ1) is 20.2. The third-order valence-corrected chi connectivity index (χ3v) is 6.13. The number of carbonyl (C=O) groups excluding carboxylic acids is 1. The average molecular weight is 377 g/mol. The molecule has 2 aliphatic rings. The summed E-state index contributed by atoms with van der Waals surface area (Å²) in [6, 6.07) is 8.65. The number of esters is 1. The first-order chi connectivity index (χ1) is 13.2. The van der Waals surface area contributed by atoms with E-state index in [0.717, 1.165) is 37.4 Å². The van der Waals surface area contributed by atoms with Crippen LogP contribution in [0.1, 0.15) is 82.6 Å². The highest BCUT2D eigenvalue weighted by Crippen LogP contribution is 2.33. The largest absolute Gasteiger partial charge is 0.493 e. The summed E-state index contributed by atoms with van der Waals surface area (Å²) in [6.07, 6.45) is 8.81. The average Bonchev–Trinajstić information content (AvgIpc) is 2.73. The lowest BCUT2D eigenvalue weighted by Gasteiger charge is -2.28. The molecule has 0 aromatic heterocycles. The molecule has 0 heterocycles. The molecule has 1 aromatic rings. The minimum absolute atomic E-state index is 0.131. The summed E-state index contributed by atoms with van der Waals surface area (Å²) in [5.74, 6) is 1.44. The first-order valence-corrected chi connectivity index (χ1v) is 10.7. The zero-order valence-electron chi connectivity index (χ0n) is 16.5. The van der Waals surface area contributed by atoms with Gasteiger partial charge in [0.15, 0.2) is 6.17 Å². The van der Waals surface area contributed by atoms with Crippen LogP contribution >= 0.6 is 0 Å². The second-order valence-electron chi connectivity index (χ2n) is 8.17. The van der Waals surface area contributed by atoms with Crippen LogP contribution in [0.15, 0.2) is 24.3 Å². The predicted molar refractivity (Wildman–Crippen MR) is 105 cm³/mol. The van der Waals surface area contributed by atoms with Crippen LogP contribution in [-0.4, -0.2) is 24.9 Å². The van der Waals surface area contributed by atoms with Gasteiger partial charge in [0.2, 0.25) is 0 Å². The number of hydrogen-bond donors (Lipinski definition) is 0. The maximum Gasteiger partial charge on any atom is 0.340 e. The van der Waals surface area contributed by atoms with Gasteiger partial charge in [-0.1, -0.05) is 38.3 Å². The van der Waals surface area contributed by atoms with Crippen LogP contribution in [0.3, 0.4) is 0 Å². The second kappa shape index (κ2) is 10.1. The second-order valence-corrected chi connectivity index (χ2v) is 8.17. The van der Waals surface area contributed by atoms with Gasteiger partial charge < -0.3 is 9.47 Å². The van der Waals surface area contributed by atoms with Crippen molar-refractivity contribution in [2.45, 2.75) is 89.3 Å². The van der Waals surface area contributed by atoms with Crippen molar-refractivity contribution in [1.82, 2.24) is 0 Å². The van der Waals surface area contributed by atoms with Crippen LogP contribution in [-0.2, 0) is 9.53 Å². The molecule has 3 rings (SSSR count). The Kier molecular flexibility index (Phi) is 7.54. The summed E-state index contributed by atoms with van der Waals surface area (Å²) < 4.78 is 24.6. The summed E-state index contributed by atoms with van der Waals surface area (Å²) in [5, 5.41) is 0. The number of ether oxygens (including phenoxy) is 2. The van der Waals surface area contributed by atoms with Crippen molar-refractivity contribution in [3.05, 3.63) is 29.8 Å². The molecule has 2 fully saturated rings. The molecule has 0 aliphatic heterocycles. The van der Waals surface area contributed by atoms with Crippen molar-refractivity contribution in [1.29, 1.82) is 0 Å². The molecule has 0 radical (unpaired) electrons. The van der Waals surface area contributed by atoms with E-state index in [-0.39, 0.29) is 12.5 Å². The number of halogens is 1. The molecule has 0 N–H and O–H groups in total. The lowest BCUT2D eigenvalue weighted by atomic mass is 9.84. The van der Waals surface area contributed by atoms with Crippen LogP contribution in [0.25, 0.3) is 0 Å². The van der Waals surface area contributed by atoms with E-state index in [1.165, 1.54) is 37.7 Å². The summed E-state index contributed by atoms with van der Waals surface area (Å²) in [7, 11) is 0. The third-order valence-electron chi connectivity index (χ3n) is 6.13. The van der Waals surface area contributed by atoms with Gasteiger partial charge in [0.1, 0.15) is 11.9 Å². The van der Waals surface area contributed by atoms with Crippen LogP contribution in [0.5, 0.6) is 5.75 Å². The molecular formula is C23H33FO3. The van der Waals surface area contributed by atoms with Gasteiger partial charge in [-0.05, 0) is 74.5 Å². The first-order valence-electron chi connectivity index (χ1n) is 10.7. The highest BCUT2D eigenvalue weighted by molar-refractivity contribution is 5.74. The minimum Gasteiger partial charge on any atom is -0.493 e. The summed E-state index contributed by atoms with van der Waals surface area (Å²) in [6.45, 7) is 2.35. The number of carbonyl (C=O) groups is 1. The van der Waals surface area contributed by atoms with E-state index in [4.69, 9.17) is 9.47 Å². The molecule has 4 heteroatoms. The summed E-state index contributed by atoms with van der Waals surface area (Å²) in [5.41, 5.74) is 1.45. The Hall–Kier alpha value is -1.58. The van der Waals surface area contributed by atoms with Crippen molar-refractivity contribution in [2.75, 3.05) is 6.61 Å². The molecule has 2 aliphatic carbocycles. The molecule has 0 amide bonds. The molecule has 1 atom stereocenters. The zero-order valence-corrected chi connectivity index (χ0v) is 16.5. The molecule has 1 aromatic carbocycles. The zero-order chi connectivity index (χ0) is 19.1. The van der Waals surface area contributed by atoms with Crippen molar-refractivity contribution in [3.63, 3.8) is 0 Å². The Morgan fingerprint density at radius 2 is 1.70 bits per heavy atom. The topological polar surface area (TPSA) is 35.5 Å². The Morgan fingerprint density at radius 1 is 1.04 bits per heavy atom. The smallest absolute Gasteiger partial charge is 0.340 e. The van der Waals surface area contributed by atoms with Crippen molar-refractivity contribution in [3.8, 4) is 5.75 Å². The normalized spacial score (nSPS) is 25.0. The van der Waals surface area contributed by atoms with Crippen molar-refractivity contribution >= 4 is 5.97 Å². The fraction of sp³-hybridized carbons (Fsp3) is 0.696. The van der Waals surface area contributed by atoms with Gasteiger partial charge in [-0.2, -0.15) is 0 Å². The van der Waals surface area contributed by atoms with E-state index in [0.29, 0.717) is 12.5 Å². The molecule has 3 nitrogen and oxygen atoms in total. The van der Waals surface area contributed by atoms with Gasteiger partial charge in [-0.15, -0.1) is 0 Å². The monoisotopic (exact) mass is 376 g/mol. The molecule has 0 spiro atoms. The number of alkyl halides is 1. The van der Waals surface area contributed by atoms with E-state index >= 15 is 0 Å². The van der Waals surface area contributed by atoms with Crippen LogP contribution in [0.4, 0.5) is 4.39 Å². The van der Waals surface area contributed by atoms with Crippen molar-refractivity contribution in [2.24, 2.45) is 5.92 Å². The van der Waals surface area contributed by atoms with Gasteiger partial charge in [0.25, 0.3) is 0 Å². The van der Waals surface area contributed by atoms with E-state index in [9.17, 15) is 9.18 Å². The Balaban J connectivity index is 1.38. The van der Waals surface area contributed by atoms with Crippen molar-refractivity contribution < 1.29 is 18.7 Å². The summed E-state index contributed by atoms with van der Waals surface area (Å²) >= 11 is 0. The van der Waals surface area contributed by atoms with Gasteiger partial charge in [-0.3, -0.25) is 0 Å². The number of benzene rings is 1. The van der Waals surface area contributed by atoms with Crippen LogP contribution in [0, 0.1) is 5.92 Å². The van der Waals surface area contributed by atoms with Gasteiger partial charge in [0.05, 0.1) is 6.61 Å². The highest BCUT2D eigenvalue weighted by Gasteiger charge is 2.27. The number of rotatable bonds is 7. The Bertz CT molecular complexity index is 572. The lowest BCUT2D eigenvalue weighted by molar-refractivity contribution is -0.157. The molecule has 2 saturated carbocycles. The Labute approximate surface area is 162 Å². The molecular weight excluding hydrogens is 343 g/mol. The van der Waals surface area contributed by atoms with E-state index in [2.05, 4.69) is 24.3 Å². The quantitative estimate of drug-likeness (QED) is 0.551. The summed E-state index contributed by atoms with van der Waals surface area (Å²) in [4.78, 5) is 11.6. The Morgan fingerprint density at radius 3 is 2.33 bits per heavy atom. The number of hydrogen-bond acceptors (Lipinski definition) is 3. The predicted octanol–water partition coefficient (Wildman–Crippen LogP) is 5.96. The highest BCUT2D eigenvalue weighted by atomic mass is 19.1. The van der Waals surface area contributed by atoms with Gasteiger partial charge >= 0.3 is 5.97 Å². The SMILES string of the molecule is CC[C@@H](F)C(=O)OC1CCC(COc2ccc(C3CCCCC3)cc2)CC1.